The SMILES string of the molecule is N#Cc1ccc(N(c2ccc(-c3cccc4c3oc3ccccc34)cc2)c2ccc3c4ccccc4c4ccccc4c3c2)cc1. The molecule has 3 nitrogen and oxygen atoms in total. The van der Waals surface area contributed by atoms with Gasteiger partial charge in [-0.25, -0.2) is 0 Å². The number of anilines is 3. The molecular formula is C43H26N2O. The molecule has 0 aliphatic carbocycles. The fourth-order valence-corrected chi connectivity index (χ4v) is 6.93. The van der Waals surface area contributed by atoms with Gasteiger partial charge in [0.25, 0.3) is 0 Å². The zero-order valence-electron chi connectivity index (χ0n) is 24.8. The van der Waals surface area contributed by atoms with Gasteiger partial charge in [0.15, 0.2) is 0 Å². The summed E-state index contributed by atoms with van der Waals surface area (Å²) in [5.74, 6) is 0. The fraction of sp³-hybridized carbons (Fsp3) is 0. The van der Waals surface area contributed by atoms with Crippen LogP contribution in [0.4, 0.5) is 17.1 Å². The van der Waals surface area contributed by atoms with E-state index in [2.05, 4.69) is 132 Å². The van der Waals surface area contributed by atoms with Crippen molar-refractivity contribution in [3.8, 4) is 17.2 Å². The lowest BCUT2D eigenvalue weighted by atomic mass is 9.94. The molecule has 0 atom stereocenters. The molecule has 214 valence electrons. The maximum Gasteiger partial charge on any atom is 0.143 e. The van der Waals surface area contributed by atoms with Crippen LogP contribution in [0.25, 0.3) is 65.4 Å². The van der Waals surface area contributed by atoms with E-state index in [1.165, 1.54) is 32.3 Å². The third kappa shape index (κ3) is 4.05. The molecule has 0 saturated carbocycles. The lowest BCUT2D eigenvalue weighted by Gasteiger charge is -2.26. The highest BCUT2D eigenvalue weighted by Gasteiger charge is 2.17. The maximum atomic E-state index is 9.50. The standard InChI is InChI=1S/C43H26N2O/c44-27-28-16-20-30(21-17-28)45(32-24-25-38-36-10-2-1-8-34(36)35-9-3-4-11-37(35)41(38)26-32)31-22-18-29(19-23-31)33-13-7-14-40-39-12-5-6-15-42(39)46-43(33)40/h1-26H. The van der Waals surface area contributed by atoms with Gasteiger partial charge in [0.05, 0.1) is 11.6 Å². The molecule has 0 radical (unpaired) electrons. The largest absolute Gasteiger partial charge is 0.455 e. The number of rotatable bonds is 4. The first-order valence-electron chi connectivity index (χ1n) is 15.4. The number of nitriles is 1. The molecule has 0 aliphatic rings. The van der Waals surface area contributed by atoms with Crippen LogP contribution in [-0.2, 0) is 0 Å². The summed E-state index contributed by atoms with van der Waals surface area (Å²) in [5, 5.41) is 19.2. The Bertz CT molecular complexity index is 2610. The van der Waals surface area contributed by atoms with Crippen LogP contribution in [0.2, 0.25) is 0 Å². The van der Waals surface area contributed by atoms with E-state index in [0.29, 0.717) is 5.56 Å². The molecular weight excluding hydrogens is 560 g/mol. The molecule has 0 saturated heterocycles. The third-order valence-electron chi connectivity index (χ3n) is 9.08. The van der Waals surface area contributed by atoms with Gasteiger partial charge in [-0.1, -0.05) is 103 Å². The highest BCUT2D eigenvalue weighted by molar-refractivity contribution is 6.25. The number of nitrogens with zero attached hydrogens (tertiary/aromatic N) is 2. The Morgan fingerprint density at radius 2 is 0.957 bits per heavy atom. The quantitative estimate of drug-likeness (QED) is 0.193. The lowest BCUT2D eigenvalue weighted by Crippen LogP contribution is -2.10. The van der Waals surface area contributed by atoms with Crippen molar-refractivity contribution in [2.24, 2.45) is 0 Å². The average molecular weight is 587 g/mol. The number of hydrogen-bond acceptors (Lipinski definition) is 3. The van der Waals surface area contributed by atoms with Crippen molar-refractivity contribution in [2.75, 3.05) is 4.90 Å². The van der Waals surface area contributed by atoms with E-state index in [4.69, 9.17) is 4.42 Å². The first-order valence-corrected chi connectivity index (χ1v) is 15.4. The zero-order valence-corrected chi connectivity index (χ0v) is 24.8. The Morgan fingerprint density at radius 3 is 1.61 bits per heavy atom. The Labute approximate surface area is 265 Å². The van der Waals surface area contributed by atoms with Crippen molar-refractivity contribution in [2.45, 2.75) is 0 Å². The van der Waals surface area contributed by atoms with Crippen LogP contribution in [0.3, 0.4) is 0 Å². The molecule has 0 unspecified atom stereocenters. The highest BCUT2D eigenvalue weighted by Crippen LogP contribution is 2.42. The number of para-hydroxylation sites is 2. The monoisotopic (exact) mass is 586 g/mol. The molecule has 0 N–H and O–H groups in total. The van der Waals surface area contributed by atoms with Crippen LogP contribution in [-0.4, -0.2) is 0 Å². The molecule has 0 amide bonds. The predicted octanol–water partition coefficient (Wildman–Crippen LogP) is 12.1. The van der Waals surface area contributed by atoms with Gasteiger partial charge in [-0.15, -0.1) is 0 Å². The van der Waals surface area contributed by atoms with Crippen LogP contribution in [0.15, 0.2) is 162 Å². The van der Waals surface area contributed by atoms with Crippen molar-refractivity contribution >= 4 is 71.3 Å². The first kappa shape index (κ1) is 26.1. The summed E-state index contributed by atoms with van der Waals surface area (Å²) in [4.78, 5) is 2.26. The second kappa shape index (κ2) is 10.4. The van der Waals surface area contributed by atoms with Crippen molar-refractivity contribution in [1.82, 2.24) is 0 Å². The summed E-state index contributed by atoms with van der Waals surface area (Å²) in [5.41, 5.74) is 7.63. The molecule has 1 heterocycles. The van der Waals surface area contributed by atoms with E-state index in [1.54, 1.807) is 0 Å². The molecule has 9 aromatic rings. The van der Waals surface area contributed by atoms with Crippen LogP contribution < -0.4 is 4.90 Å². The van der Waals surface area contributed by atoms with E-state index >= 15 is 0 Å². The topological polar surface area (TPSA) is 40.2 Å². The smallest absolute Gasteiger partial charge is 0.143 e. The average Bonchev–Trinajstić information content (AvgIpc) is 3.52. The van der Waals surface area contributed by atoms with Gasteiger partial charge in [0.1, 0.15) is 11.2 Å². The Balaban J connectivity index is 1.22. The van der Waals surface area contributed by atoms with Gasteiger partial charge in [-0.3, -0.25) is 0 Å². The van der Waals surface area contributed by atoms with Crippen LogP contribution in [0.5, 0.6) is 0 Å². The Hall–Kier alpha value is -6.37. The summed E-state index contributed by atoms with van der Waals surface area (Å²) >= 11 is 0. The summed E-state index contributed by atoms with van der Waals surface area (Å²) < 4.78 is 6.35. The maximum absolute atomic E-state index is 9.50. The van der Waals surface area contributed by atoms with Crippen LogP contribution in [0, 0.1) is 11.3 Å². The van der Waals surface area contributed by atoms with Gasteiger partial charge in [0.2, 0.25) is 0 Å². The minimum absolute atomic E-state index is 0.633. The third-order valence-corrected chi connectivity index (χ3v) is 9.08. The van der Waals surface area contributed by atoms with E-state index in [0.717, 1.165) is 50.1 Å². The predicted molar refractivity (Wildman–Crippen MR) is 191 cm³/mol. The molecule has 0 spiro atoms. The molecule has 0 fully saturated rings. The summed E-state index contributed by atoms with van der Waals surface area (Å²) in [6.07, 6.45) is 0. The van der Waals surface area contributed by atoms with Crippen LogP contribution in [0.1, 0.15) is 5.56 Å². The van der Waals surface area contributed by atoms with Gasteiger partial charge >= 0.3 is 0 Å². The minimum Gasteiger partial charge on any atom is -0.455 e. The van der Waals surface area contributed by atoms with Crippen molar-refractivity contribution in [3.05, 3.63) is 163 Å². The second-order valence-electron chi connectivity index (χ2n) is 11.6. The molecule has 46 heavy (non-hydrogen) atoms. The molecule has 1 aromatic heterocycles. The minimum atomic E-state index is 0.633. The van der Waals surface area contributed by atoms with Crippen molar-refractivity contribution in [3.63, 3.8) is 0 Å². The number of benzene rings is 8. The van der Waals surface area contributed by atoms with E-state index in [9.17, 15) is 5.26 Å². The van der Waals surface area contributed by atoms with E-state index in [1.807, 2.05) is 36.4 Å². The summed E-state index contributed by atoms with van der Waals surface area (Å²) in [6.45, 7) is 0. The van der Waals surface area contributed by atoms with Crippen molar-refractivity contribution < 1.29 is 4.42 Å². The Morgan fingerprint density at radius 1 is 0.435 bits per heavy atom. The molecule has 0 bridgehead atoms. The molecule has 0 aliphatic heterocycles. The summed E-state index contributed by atoms with van der Waals surface area (Å²) in [7, 11) is 0. The van der Waals surface area contributed by atoms with Gasteiger partial charge in [-0.05, 0) is 92.5 Å². The Kier molecular flexibility index (Phi) is 5.88. The number of fused-ring (bicyclic) bond motifs is 9. The number of hydrogen-bond donors (Lipinski definition) is 0. The molecule has 8 aromatic carbocycles. The van der Waals surface area contributed by atoms with E-state index in [-0.39, 0.29) is 0 Å². The normalized spacial score (nSPS) is 11.5. The molecule has 9 rings (SSSR count). The van der Waals surface area contributed by atoms with E-state index < -0.39 is 0 Å². The first-order chi connectivity index (χ1) is 22.8. The number of furan rings is 1. The zero-order chi connectivity index (χ0) is 30.6. The van der Waals surface area contributed by atoms with Gasteiger partial charge < -0.3 is 9.32 Å². The van der Waals surface area contributed by atoms with Gasteiger partial charge in [-0.2, -0.15) is 5.26 Å². The van der Waals surface area contributed by atoms with Crippen LogP contribution >= 0.6 is 0 Å². The second-order valence-corrected chi connectivity index (χ2v) is 11.6. The van der Waals surface area contributed by atoms with Crippen molar-refractivity contribution in [1.29, 1.82) is 5.26 Å². The fourth-order valence-electron chi connectivity index (χ4n) is 6.93. The highest BCUT2D eigenvalue weighted by atomic mass is 16.3. The summed E-state index contributed by atoms with van der Waals surface area (Å²) in [6, 6.07) is 57.3. The van der Waals surface area contributed by atoms with Gasteiger partial charge in [0, 0.05) is 33.4 Å². The molecule has 3 heteroatoms. The lowest BCUT2D eigenvalue weighted by molar-refractivity contribution is 0.670.